The van der Waals surface area contributed by atoms with Crippen molar-refractivity contribution >= 4 is 55.2 Å². The molecule has 0 radical (unpaired) electrons. The van der Waals surface area contributed by atoms with Gasteiger partial charge in [0.25, 0.3) is 0 Å². The second-order valence-corrected chi connectivity index (χ2v) is 9.30. The van der Waals surface area contributed by atoms with Gasteiger partial charge in [-0.25, -0.2) is 9.97 Å². The number of rotatable bonds is 10. The van der Waals surface area contributed by atoms with Gasteiger partial charge in [0.05, 0.1) is 22.1 Å². The molecular formula is C30H30N8. The van der Waals surface area contributed by atoms with Crippen LogP contribution in [0.25, 0.3) is 43.6 Å². The van der Waals surface area contributed by atoms with E-state index < -0.39 is 0 Å². The third kappa shape index (κ3) is 5.04. The molecule has 0 aliphatic rings. The first-order valence-electron chi connectivity index (χ1n) is 13.0. The van der Waals surface area contributed by atoms with Gasteiger partial charge in [0.15, 0.2) is 0 Å². The molecule has 0 saturated carbocycles. The minimum Gasteiger partial charge on any atom is -0.369 e. The van der Waals surface area contributed by atoms with Crippen LogP contribution >= 0.6 is 0 Å². The Bertz CT molecular complexity index is 1590. The van der Waals surface area contributed by atoms with Gasteiger partial charge in [-0.1, -0.05) is 36.4 Å². The largest absolute Gasteiger partial charge is 0.369 e. The number of nitrogens with zero attached hydrogens (tertiary/aromatic N) is 5. The molecule has 0 atom stereocenters. The van der Waals surface area contributed by atoms with Crippen LogP contribution < -0.4 is 16.4 Å². The van der Waals surface area contributed by atoms with Crippen LogP contribution in [0.1, 0.15) is 0 Å². The number of fused-ring (bicyclic) bond motifs is 6. The summed E-state index contributed by atoms with van der Waals surface area (Å²) in [4.78, 5) is 21.1. The molecule has 0 fully saturated rings. The Morgan fingerprint density at radius 3 is 1.47 bits per heavy atom. The van der Waals surface area contributed by atoms with Gasteiger partial charge in [-0.2, -0.15) is 0 Å². The highest BCUT2D eigenvalue weighted by atomic mass is 15.2. The zero-order valence-corrected chi connectivity index (χ0v) is 21.1. The maximum absolute atomic E-state index is 5.90. The van der Waals surface area contributed by atoms with E-state index in [2.05, 4.69) is 74.0 Å². The number of benzene rings is 2. The highest BCUT2D eigenvalue weighted by Crippen LogP contribution is 2.24. The molecule has 0 aliphatic heterocycles. The Balaban J connectivity index is 1.07. The van der Waals surface area contributed by atoms with E-state index in [9.17, 15) is 0 Å². The number of nitrogens with two attached hydrogens (primary N) is 1. The molecule has 0 aliphatic carbocycles. The predicted molar refractivity (Wildman–Crippen MR) is 157 cm³/mol. The van der Waals surface area contributed by atoms with Crippen LogP contribution in [0.2, 0.25) is 0 Å². The number of pyridine rings is 4. The Labute approximate surface area is 220 Å². The molecule has 38 heavy (non-hydrogen) atoms. The molecule has 0 saturated heterocycles. The lowest BCUT2D eigenvalue weighted by molar-refractivity contribution is 0.303. The van der Waals surface area contributed by atoms with Crippen molar-refractivity contribution in [3.05, 3.63) is 85.2 Å². The Kier molecular flexibility index (Phi) is 6.89. The summed E-state index contributed by atoms with van der Waals surface area (Å²) in [6, 6.07) is 24.6. The fraction of sp³-hybridized carbons (Fsp3) is 0.200. The zero-order chi connectivity index (χ0) is 25.7. The van der Waals surface area contributed by atoms with Crippen LogP contribution in [-0.4, -0.2) is 64.1 Å². The molecule has 0 bridgehead atoms. The lowest BCUT2D eigenvalue weighted by Crippen LogP contribution is -2.37. The van der Waals surface area contributed by atoms with Crippen LogP contribution in [0.5, 0.6) is 0 Å². The fourth-order valence-electron chi connectivity index (χ4n) is 4.85. The van der Waals surface area contributed by atoms with Gasteiger partial charge in [-0.15, -0.1) is 0 Å². The number of hydrogen-bond donors (Lipinski definition) is 3. The van der Waals surface area contributed by atoms with Gasteiger partial charge >= 0.3 is 0 Å². The summed E-state index contributed by atoms with van der Waals surface area (Å²) in [5.74, 6) is 1.70. The lowest BCUT2D eigenvalue weighted by atomic mass is 10.1. The number of anilines is 2. The summed E-state index contributed by atoms with van der Waals surface area (Å²) in [5.41, 5.74) is 9.59. The molecule has 0 spiro atoms. The molecule has 8 nitrogen and oxygen atoms in total. The predicted octanol–water partition coefficient (Wildman–Crippen LogP) is 4.66. The van der Waals surface area contributed by atoms with Gasteiger partial charge in [-0.05, 0) is 36.4 Å². The van der Waals surface area contributed by atoms with E-state index >= 15 is 0 Å². The summed E-state index contributed by atoms with van der Waals surface area (Å²) in [6.45, 7) is 4.67. The van der Waals surface area contributed by atoms with Gasteiger partial charge in [0.2, 0.25) is 0 Å². The topological polar surface area (TPSA) is 105 Å². The minimum absolute atomic E-state index is 0.609. The van der Waals surface area contributed by atoms with Crippen LogP contribution in [0.15, 0.2) is 85.2 Å². The second-order valence-electron chi connectivity index (χ2n) is 9.30. The molecule has 0 amide bonds. The zero-order valence-electron chi connectivity index (χ0n) is 21.1. The lowest BCUT2D eigenvalue weighted by Gasteiger charge is -2.22. The van der Waals surface area contributed by atoms with E-state index in [1.807, 2.05) is 36.7 Å². The summed E-state index contributed by atoms with van der Waals surface area (Å²) in [6.07, 6.45) is 3.63. The van der Waals surface area contributed by atoms with E-state index in [0.29, 0.717) is 6.54 Å². The Hall–Kier alpha value is -4.40. The summed E-state index contributed by atoms with van der Waals surface area (Å²) in [5, 5.41) is 11.3. The molecule has 4 heterocycles. The van der Waals surface area contributed by atoms with Crippen molar-refractivity contribution < 1.29 is 0 Å². The van der Waals surface area contributed by atoms with Crippen molar-refractivity contribution in [2.24, 2.45) is 5.73 Å². The standard InChI is InChI=1S/C30H30N8/c31-13-18-38(19-16-32-25-11-9-23-7-5-21-3-1-14-34-27(21)29(23)36-25)20-17-33-26-12-10-24-8-6-22-4-2-15-35-28(22)30(24)37-26/h1-12,14-15H,13,16-20,31H2,(H,32,36)(H,33,37). The first kappa shape index (κ1) is 24.0. The number of aromatic nitrogens is 4. The minimum atomic E-state index is 0.609. The fourth-order valence-corrected chi connectivity index (χ4v) is 4.85. The Morgan fingerprint density at radius 2 is 1.00 bits per heavy atom. The average Bonchev–Trinajstić information content (AvgIpc) is 2.97. The van der Waals surface area contributed by atoms with Gasteiger partial charge in [-0.3, -0.25) is 14.9 Å². The van der Waals surface area contributed by atoms with E-state index in [-0.39, 0.29) is 0 Å². The SMILES string of the molecule is NCCN(CCNc1ccc2ccc3cccnc3c2n1)CCNc1ccc2ccc3cccnc3c2n1. The van der Waals surface area contributed by atoms with Crippen molar-refractivity contribution in [2.75, 3.05) is 49.9 Å². The maximum atomic E-state index is 5.90. The smallest absolute Gasteiger partial charge is 0.126 e. The summed E-state index contributed by atoms with van der Waals surface area (Å²) >= 11 is 0. The van der Waals surface area contributed by atoms with Crippen molar-refractivity contribution in [3.8, 4) is 0 Å². The number of nitrogens with one attached hydrogen (secondary N) is 2. The second kappa shape index (κ2) is 10.9. The highest BCUT2D eigenvalue weighted by molar-refractivity contribution is 6.03. The molecule has 0 unspecified atom stereocenters. The van der Waals surface area contributed by atoms with Gasteiger partial charge in [0.1, 0.15) is 11.6 Å². The van der Waals surface area contributed by atoms with Crippen molar-refractivity contribution in [3.63, 3.8) is 0 Å². The number of hydrogen-bond acceptors (Lipinski definition) is 8. The molecule has 190 valence electrons. The van der Waals surface area contributed by atoms with Crippen molar-refractivity contribution in [2.45, 2.75) is 0 Å². The van der Waals surface area contributed by atoms with Gasteiger partial charge in [0, 0.05) is 73.2 Å². The third-order valence-electron chi connectivity index (χ3n) is 6.78. The third-order valence-corrected chi connectivity index (χ3v) is 6.78. The van der Waals surface area contributed by atoms with Crippen LogP contribution in [0.4, 0.5) is 11.6 Å². The highest BCUT2D eigenvalue weighted by Gasteiger charge is 2.08. The molecular weight excluding hydrogens is 472 g/mol. The maximum Gasteiger partial charge on any atom is 0.126 e. The molecule has 6 aromatic rings. The average molecular weight is 503 g/mol. The van der Waals surface area contributed by atoms with Crippen molar-refractivity contribution in [1.29, 1.82) is 0 Å². The molecule has 4 aromatic heterocycles. The summed E-state index contributed by atoms with van der Waals surface area (Å²) in [7, 11) is 0. The first-order chi connectivity index (χ1) is 18.8. The van der Waals surface area contributed by atoms with Crippen LogP contribution in [-0.2, 0) is 0 Å². The van der Waals surface area contributed by atoms with Gasteiger partial charge < -0.3 is 16.4 Å². The van der Waals surface area contributed by atoms with E-state index in [0.717, 1.165) is 88.0 Å². The van der Waals surface area contributed by atoms with Crippen LogP contribution in [0, 0.1) is 0 Å². The molecule has 2 aromatic carbocycles. The summed E-state index contributed by atoms with van der Waals surface area (Å²) < 4.78 is 0. The van der Waals surface area contributed by atoms with Crippen molar-refractivity contribution in [1.82, 2.24) is 24.8 Å². The van der Waals surface area contributed by atoms with E-state index in [1.54, 1.807) is 0 Å². The van der Waals surface area contributed by atoms with E-state index in [1.165, 1.54) is 0 Å². The monoisotopic (exact) mass is 502 g/mol. The van der Waals surface area contributed by atoms with E-state index in [4.69, 9.17) is 15.7 Å². The first-order valence-corrected chi connectivity index (χ1v) is 13.0. The Morgan fingerprint density at radius 1 is 0.553 bits per heavy atom. The van der Waals surface area contributed by atoms with Crippen LogP contribution in [0.3, 0.4) is 0 Å². The quantitative estimate of drug-likeness (QED) is 0.232. The normalized spacial score (nSPS) is 11.6. The molecule has 4 N–H and O–H groups in total. The molecule has 8 heteroatoms. The molecule has 6 rings (SSSR count).